The molecule has 0 bridgehead atoms. The van der Waals surface area contributed by atoms with E-state index in [1.54, 1.807) is 0 Å². The first-order valence-electron chi connectivity index (χ1n) is 6.85. The first-order valence-corrected chi connectivity index (χ1v) is 6.85. The minimum Gasteiger partial charge on any atom is -0.388 e. The molecule has 2 rings (SSSR count). The summed E-state index contributed by atoms with van der Waals surface area (Å²) in [5.41, 5.74) is 2.01. The zero-order valence-electron chi connectivity index (χ0n) is 11.8. The molecule has 0 aliphatic carbocycles. The third-order valence-electron chi connectivity index (χ3n) is 3.40. The fourth-order valence-corrected chi connectivity index (χ4v) is 2.19. The largest absolute Gasteiger partial charge is 0.388 e. The Morgan fingerprint density at radius 2 is 1.79 bits per heavy atom. The molecule has 2 atom stereocenters. The molecule has 1 aromatic heterocycles. The van der Waals surface area contributed by atoms with E-state index in [0.717, 1.165) is 17.7 Å². The highest BCUT2D eigenvalue weighted by atomic mass is 16.3. The summed E-state index contributed by atoms with van der Waals surface area (Å²) in [5, 5.41) is 14.9. The molecular weight excluding hydrogens is 236 g/mol. The van der Waals surface area contributed by atoms with Gasteiger partial charge in [-0.3, -0.25) is 4.68 Å². The van der Waals surface area contributed by atoms with Gasteiger partial charge in [0.2, 0.25) is 0 Å². The molecule has 102 valence electrons. The van der Waals surface area contributed by atoms with Gasteiger partial charge in [0, 0.05) is 12.2 Å². The van der Waals surface area contributed by atoms with Crippen LogP contribution in [0.3, 0.4) is 0 Å². The van der Waals surface area contributed by atoms with Crippen molar-refractivity contribution in [1.82, 2.24) is 9.78 Å². The summed E-state index contributed by atoms with van der Waals surface area (Å²) >= 11 is 0. The highest BCUT2D eigenvalue weighted by Gasteiger charge is 2.17. The Labute approximate surface area is 114 Å². The Morgan fingerprint density at radius 1 is 1.11 bits per heavy atom. The predicted octanol–water partition coefficient (Wildman–Crippen LogP) is 3.38. The smallest absolute Gasteiger partial charge is 0.0819 e. The quantitative estimate of drug-likeness (QED) is 0.892. The number of aliphatic hydroxyl groups excluding tert-OH is 1. The van der Waals surface area contributed by atoms with Crippen molar-refractivity contribution >= 4 is 0 Å². The molecule has 1 heterocycles. The van der Waals surface area contributed by atoms with Crippen molar-refractivity contribution in [1.29, 1.82) is 0 Å². The van der Waals surface area contributed by atoms with Crippen molar-refractivity contribution in [2.45, 2.75) is 39.3 Å². The molecule has 0 radical (unpaired) electrons. The van der Waals surface area contributed by atoms with Gasteiger partial charge < -0.3 is 5.11 Å². The van der Waals surface area contributed by atoms with E-state index in [-0.39, 0.29) is 5.92 Å². The van der Waals surface area contributed by atoms with E-state index in [4.69, 9.17) is 0 Å². The summed E-state index contributed by atoms with van der Waals surface area (Å²) < 4.78 is 1.96. The molecule has 0 amide bonds. The van der Waals surface area contributed by atoms with E-state index in [2.05, 4.69) is 25.9 Å². The van der Waals surface area contributed by atoms with Crippen molar-refractivity contribution in [3.8, 4) is 0 Å². The van der Waals surface area contributed by atoms with Gasteiger partial charge >= 0.3 is 0 Å². The first kappa shape index (κ1) is 13.8. The summed E-state index contributed by atoms with van der Waals surface area (Å²) in [6.45, 7) is 6.28. The van der Waals surface area contributed by atoms with Crippen LogP contribution in [0.5, 0.6) is 0 Å². The molecular formula is C16H22N2O. The van der Waals surface area contributed by atoms with Gasteiger partial charge in [-0.2, -0.15) is 5.10 Å². The number of benzene rings is 1. The van der Waals surface area contributed by atoms with Gasteiger partial charge in [0.1, 0.15) is 0 Å². The second kappa shape index (κ2) is 6.02. The Balaban J connectivity index is 2.02. The summed E-state index contributed by atoms with van der Waals surface area (Å²) in [6, 6.07) is 12.2. The summed E-state index contributed by atoms with van der Waals surface area (Å²) in [5.74, 6) is 0.151. The molecule has 1 aromatic carbocycles. The predicted molar refractivity (Wildman–Crippen MR) is 76.9 cm³/mol. The second-order valence-corrected chi connectivity index (χ2v) is 5.42. The van der Waals surface area contributed by atoms with Crippen LogP contribution < -0.4 is 0 Å². The van der Waals surface area contributed by atoms with Crippen LogP contribution in [-0.2, 0) is 6.42 Å². The molecule has 2 unspecified atom stereocenters. The van der Waals surface area contributed by atoms with Gasteiger partial charge in [0.25, 0.3) is 0 Å². The zero-order chi connectivity index (χ0) is 13.8. The second-order valence-electron chi connectivity index (χ2n) is 5.42. The fourth-order valence-electron chi connectivity index (χ4n) is 2.19. The normalized spacial score (nSPS) is 14.6. The minimum atomic E-state index is -0.439. The molecule has 0 spiro atoms. The van der Waals surface area contributed by atoms with Crippen LogP contribution >= 0.6 is 0 Å². The van der Waals surface area contributed by atoms with Crippen molar-refractivity contribution in [3.63, 3.8) is 0 Å². The van der Waals surface area contributed by atoms with Gasteiger partial charge in [-0.15, -0.1) is 0 Å². The molecule has 19 heavy (non-hydrogen) atoms. The topological polar surface area (TPSA) is 38.0 Å². The van der Waals surface area contributed by atoms with Crippen molar-refractivity contribution in [2.24, 2.45) is 5.92 Å². The summed E-state index contributed by atoms with van der Waals surface area (Å²) in [7, 11) is 0. The van der Waals surface area contributed by atoms with E-state index in [9.17, 15) is 5.11 Å². The number of aliphatic hydroxyl groups is 1. The third kappa shape index (κ3) is 3.44. The van der Waals surface area contributed by atoms with Gasteiger partial charge in [0.05, 0.1) is 11.8 Å². The Kier molecular flexibility index (Phi) is 4.38. The zero-order valence-corrected chi connectivity index (χ0v) is 11.8. The van der Waals surface area contributed by atoms with Gasteiger partial charge in [-0.25, -0.2) is 0 Å². The molecule has 0 aliphatic heterocycles. The van der Waals surface area contributed by atoms with Crippen LogP contribution in [-0.4, -0.2) is 14.9 Å². The van der Waals surface area contributed by atoms with Crippen molar-refractivity contribution in [2.75, 3.05) is 0 Å². The van der Waals surface area contributed by atoms with Gasteiger partial charge in [-0.1, -0.05) is 37.3 Å². The standard InChI is InChI=1S/C16H22N2O/c1-12(2)18-10-9-15(17-18)11-13(3)16(19)14-7-5-4-6-8-14/h4-10,12-13,16,19H,11H2,1-3H3. The molecule has 1 N–H and O–H groups in total. The van der Waals surface area contributed by atoms with E-state index >= 15 is 0 Å². The lowest BCUT2D eigenvalue weighted by Crippen LogP contribution is -2.12. The number of hydrogen-bond acceptors (Lipinski definition) is 2. The SMILES string of the molecule is CC(Cc1ccn(C(C)C)n1)C(O)c1ccccc1. The molecule has 3 nitrogen and oxygen atoms in total. The summed E-state index contributed by atoms with van der Waals surface area (Å²) in [4.78, 5) is 0. The number of aromatic nitrogens is 2. The van der Waals surface area contributed by atoms with Crippen LogP contribution in [0.2, 0.25) is 0 Å². The van der Waals surface area contributed by atoms with Crippen molar-refractivity contribution in [3.05, 3.63) is 53.9 Å². The molecule has 2 aromatic rings. The summed E-state index contributed by atoms with van der Waals surface area (Å²) in [6.07, 6.45) is 2.35. The lowest BCUT2D eigenvalue weighted by atomic mass is 9.93. The van der Waals surface area contributed by atoms with Crippen LogP contribution in [0.15, 0.2) is 42.6 Å². The van der Waals surface area contributed by atoms with Crippen LogP contribution in [0.4, 0.5) is 0 Å². The lowest BCUT2D eigenvalue weighted by molar-refractivity contribution is 0.117. The average Bonchev–Trinajstić information content (AvgIpc) is 2.87. The maximum Gasteiger partial charge on any atom is 0.0819 e. The Hall–Kier alpha value is -1.61. The minimum absolute atomic E-state index is 0.151. The average molecular weight is 258 g/mol. The van der Waals surface area contributed by atoms with Crippen LogP contribution in [0.25, 0.3) is 0 Å². The van der Waals surface area contributed by atoms with Crippen molar-refractivity contribution < 1.29 is 5.11 Å². The maximum atomic E-state index is 10.3. The highest BCUT2D eigenvalue weighted by molar-refractivity contribution is 5.18. The Morgan fingerprint density at radius 3 is 2.37 bits per heavy atom. The monoisotopic (exact) mass is 258 g/mol. The van der Waals surface area contributed by atoms with E-state index in [0.29, 0.717) is 6.04 Å². The molecule has 0 aliphatic rings. The fraction of sp³-hybridized carbons (Fsp3) is 0.438. The number of nitrogens with zero attached hydrogens (tertiary/aromatic N) is 2. The maximum absolute atomic E-state index is 10.3. The lowest BCUT2D eigenvalue weighted by Gasteiger charge is -2.18. The molecule has 0 saturated carbocycles. The third-order valence-corrected chi connectivity index (χ3v) is 3.40. The highest BCUT2D eigenvalue weighted by Crippen LogP contribution is 2.24. The Bertz CT molecular complexity index is 504. The number of hydrogen-bond donors (Lipinski definition) is 1. The molecule has 3 heteroatoms. The first-order chi connectivity index (χ1) is 9.08. The van der Waals surface area contributed by atoms with E-state index in [1.165, 1.54) is 0 Å². The molecule has 0 fully saturated rings. The molecule has 0 saturated heterocycles. The van der Waals surface area contributed by atoms with Crippen LogP contribution in [0, 0.1) is 5.92 Å². The van der Waals surface area contributed by atoms with Gasteiger partial charge in [0.15, 0.2) is 0 Å². The van der Waals surface area contributed by atoms with E-state index in [1.807, 2.05) is 47.3 Å². The van der Waals surface area contributed by atoms with Crippen LogP contribution in [0.1, 0.15) is 44.2 Å². The number of rotatable bonds is 5. The van der Waals surface area contributed by atoms with Gasteiger partial charge in [-0.05, 0) is 37.8 Å². The van der Waals surface area contributed by atoms with E-state index < -0.39 is 6.10 Å².